The Kier molecular flexibility index (Phi) is 2.90. The van der Waals surface area contributed by atoms with Crippen LogP contribution in [0.5, 0.6) is 0 Å². The molecule has 0 aromatic rings. The van der Waals surface area contributed by atoms with Crippen molar-refractivity contribution >= 4 is 0 Å². The van der Waals surface area contributed by atoms with Crippen molar-refractivity contribution in [1.82, 2.24) is 9.80 Å². The number of likely N-dealkylation sites (N-methyl/N-ethyl adjacent to an activating group) is 2. The molecule has 0 aliphatic carbocycles. The van der Waals surface area contributed by atoms with Gasteiger partial charge in [-0.3, -0.25) is 0 Å². The van der Waals surface area contributed by atoms with Gasteiger partial charge < -0.3 is 9.80 Å². The molecular weight excluding hydrogens is 136 g/mol. The molecule has 1 heterocycles. The average molecular weight is 156 g/mol. The first-order valence-electron chi connectivity index (χ1n) is 4.51. The zero-order valence-corrected chi connectivity index (χ0v) is 8.17. The van der Waals surface area contributed by atoms with Gasteiger partial charge in [-0.1, -0.05) is 0 Å². The summed E-state index contributed by atoms with van der Waals surface area (Å²) in [6, 6.07) is 1.51. The lowest BCUT2D eigenvalue weighted by molar-refractivity contribution is 0.0818. The second-order valence-corrected chi connectivity index (χ2v) is 3.96. The Labute approximate surface area is 70.2 Å². The molecule has 1 saturated heterocycles. The minimum atomic E-state index is 0.684. The van der Waals surface area contributed by atoms with Crippen LogP contribution >= 0.6 is 0 Å². The van der Waals surface area contributed by atoms with E-state index in [1.807, 2.05) is 0 Å². The van der Waals surface area contributed by atoms with Crippen LogP contribution in [0.3, 0.4) is 0 Å². The van der Waals surface area contributed by atoms with Crippen LogP contribution in [-0.4, -0.2) is 49.1 Å². The number of rotatable bonds is 3. The molecule has 0 aromatic carbocycles. The van der Waals surface area contributed by atoms with Crippen LogP contribution in [0.1, 0.15) is 20.3 Å². The van der Waals surface area contributed by atoms with Crippen molar-refractivity contribution in [1.29, 1.82) is 0 Å². The standard InChI is InChI=1S/C9H20N2/c1-8(2)11(4)7-9-5-6-10(9)3/h8-9H,5-7H2,1-4H3. The van der Waals surface area contributed by atoms with Crippen molar-refractivity contribution < 1.29 is 0 Å². The van der Waals surface area contributed by atoms with E-state index in [1.54, 1.807) is 0 Å². The second-order valence-electron chi connectivity index (χ2n) is 3.96. The van der Waals surface area contributed by atoms with Gasteiger partial charge in [-0.15, -0.1) is 0 Å². The summed E-state index contributed by atoms with van der Waals surface area (Å²) in [5.41, 5.74) is 0. The predicted octanol–water partition coefficient (Wildman–Crippen LogP) is 1.03. The van der Waals surface area contributed by atoms with Crippen LogP contribution in [0.2, 0.25) is 0 Å². The lowest BCUT2D eigenvalue weighted by atomic mass is 10.0. The van der Waals surface area contributed by atoms with E-state index in [1.165, 1.54) is 19.5 Å². The fourth-order valence-corrected chi connectivity index (χ4v) is 1.34. The Morgan fingerprint density at radius 3 is 2.45 bits per heavy atom. The number of hydrogen-bond donors (Lipinski definition) is 0. The van der Waals surface area contributed by atoms with E-state index < -0.39 is 0 Å². The first kappa shape index (κ1) is 9.01. The highest BCUT2D eigenvalue weighted by molar-refractivity contribution is 4.82. The molecule has 0 N–H and O–H groups in total. The van der Waals surface area contributed by atoms with Crippen molar-refractivity contribution in [2.24, 2.45) is 0 Å². The third kappa shape index (κ3) is 2.17. The summed E-state index contributed by atoms with van der Waals surface area (Å²) in [6.07, 6.45) is 1.38. The summed E-state index contributed by atoms with van der Waals surface area (Å²) in [7, 11) is 4.42. The molecule has 11 heavy (non-hydrogen) atoms. The van der Waals surface area contributed by atoms with Crippen molar-refractivity contribution in [3.05, 3.63) is 0 Å². The average Bonchev–Trinajstić information content (AvgIpc) is 1.96. The van der Waals surface area contributed by atoms with E-state index in [9.17, 15) is 0 Å². The molecule has 1 unspecified atom stereocenters. The topological polar surface area (TPSA) is 6.48 Å². The molecule has 0 radical (unpaired) electrons. The summed E-state index contributed by atoms with van der Waals surface area (Å²) in [4.78, 5) is 4.85. The van der Waals surface area contributed by atoms with E-state index in [2.05, 4.69) is 37.7 Å². The zero-order valence-electron chi connectivity index (χ0n) is 8.17. The van der Waals surface area contributed by atoms with Gasteiger partial charge in [0.05, 0.1) is 0 Å². The highest BCUT2D eigenvalue weighted by atomic mass is 15.2. The van der Waals surface area contributed by atoms with Gasteiger partial charge in [0.1, 0.15) is 0 Å². The van der Waals surface area contributed by atoms with E-state index >= 15 is 0 Å². The van der Waals surface area contributed by atoms with Gasteiger partial charge in [-0.2, -0.15) is 0 Å². The fourth-order valence-electron chi connectivity index (χ4n) is 1.34. The molecule has 2 heteroatoms. The first-order valence-corrected chi connectivity index (χ1v) is 4.51. The molecule has 0 aromatic heterocycles. The molecule has 1 atom stereocenters. The molecule has 0 amide bonds. The van der Waals surface area contributed by atoms with Crippen molar-refractivity contribution in [2.75, 3.05) is 27.2 Å². The minimum absolute atomic E-state index is 0.684. The Hall–Kier alpha value is -0.0800. The quantitative estimate of drug-likeness (QED) is 0.602. The fraction of sp³-hybridized carbons (Fsp3) is 1.00. The molecule has 1 aliphatic heterocycles. The smallest absolute Gasteiger partial charge is 0.0232 e. The van der Waals surface area contributed by atoms with Crippen molar-refractivity contribution in [2.45, 2.75) is 32.4 Å². The van der Waals surface area contributed by atoms with Crippen molar-refractivity contribution in [3.8, 4) is 0 Å². The van der Waals surface area contributed by atoms with Gasteiger partial charge in [0.25, 0.3) is 0 Å². The first-order chi connectivity index (χ1) is 5.11. The van der Waals surface area contributed by atoms with E-state index in [0.29, 0.717) is 6.04 Å². The maximum absolute atomic E-state index is 2.43. The maximum atomic E-state index is 2.43. The molecule has 0 bridgehead atoms. The molecule has 1 rings (SSSR count). The van der Waals surface area contributed by atoms with E-state index in [4.69, 9.17) is 0 Å². The van der Waals surface area contributed by atoms with E-state index in [0.717, 1.165) is 6.04 Å². The van der Waals surface area contributed by atoms with Gasteiger partial charge in [-0.05, 0) is 40.9 Å². The normalized spacial score (nSPS) is 26.2. The SMILES string of the molecule is CC(C)N(C)CC1CCN1C. The summed E-state index contributed by atoms with van der Waals surface area (Å²) in [5, 5.41) is 0. The summed E-state index contributed by atoms with van der Waals surface area (Å²) >= 11 is 0. The van der Waals surface area contributed by atoms with E-state index in [-0.39, 0.29) is 0 Å². The molecule has 0 saturated carbocycles. The van der Waals surface area contributed by atoms with Crippen LogP contribution < -0.4 is 0 Å². The summed E-state index contributed by atoms with van der Waals surface area (Å²) in [6.45, 7) is 7.02. The maximum Gasteiger partial charge on any atom is 0.0232 e. The van der Waals surface area contributed by atoms with Gasteiger partial charge in [-0.25, -0.2) is 0 Å². The number of hydrogen-bond acceptors (Lipinski definition) is 2. The number of nitrogens with zero attached hydrogens (tertiary/aromatic N) is 2. The zero-order chi connectivity index (χ0) is 8.43. The third-order valence-corrected chi connectivity index (χ3v) is 2.82. The van der Waals surface area contributed by atoms with Gasteiger partial charge in [0.2, 0.25) is 0 Å². The van der Waals surface area contributed by atoms with Gasteiger partial charge >= 0.3 is 0 Å². The Bertz CT molecular complexity index is 118. The molecule has 1 fully saturated rings. The molecule has 1 aliphatic rings. The Morgan fingerprint density at radius 2 is 2.18 bits per heavy atom. The second kappa shape index (κ2) is 3.55. The van der Waals surface area contributed by atoms with Crippen LogP contribution in [0.15, 0.2) is 0 Å². The Balaban J connectivity index is 2.19. The Morgan fingerprint density at radius 1 is 1.55 bits per heavy atom. The molecule has 0 spiro atoms. The lowest BCUT2D eigenvalue weighted by Gasteiger charge is -2.41. The van der Waals surface area contributed by atoms with Crippen molar-refractivity contribution in [3.63, 3.8) is 0 Å². The minimum Gasteiger partial charge on any atom is -0.302 e. The lowest BCUT2D eigenvalue weighted by Crippen LogP contribution is -2.51. The van der Waals surface area contributed by atoms with Crippen LogP contribution in [0.4, 0.5) is 0 Å². The van der Waals surface area contributed by atoms with Crippen LogP contribution in [0.25, 0.3) is 0 Å². The number of likely N-dealkylation sites (tertiary alicyclic amines) is 1. The highest BCUT2D eigenvalue weighted by Crippen LogP contribution is 2.15. The van der Waals surface area contributed by atoms with Crippen LogP contribution in [0, 0.1) is 0 Å². The van der Waals surface area contributed by atoms with Gasteiger partial charge in [0.15, 0.2) is 0 Å². The molecular formula is C9H20N2. The highest BCUT2D eigenvalue weighted by Gasteiger charge is 2.25. The molecule has 2 nitrogen and oxygen atoms in total. The molecule has 66 valence electrons. The third-order valence-electron chi connectivity index (χ3n) is 2.82. The van der Waals surface area contributed by atoms with Gasteiger partial charge in [0, 0.05) is 18.6 Å². The summed E-state index contributed by atoms with van der Waals surface area (Å²) < 4.78 is 0. The monoisotopic (exact) mass is 156 g/mol. The largest absolute Gasteiger partial charge is 0.302 e. The van der Waals surface area contributed by atoms with Crippen LogP contribution in [-0.2, 0) is 0 Å². The predicted molar refractivity (Wildman–Crippen MR) is 48.8 cm³/mol. The summed E-state index contributed by atoms with van der Waals surface area (Å²) in [5.74, 6) is 0.